The van der Waals surface area contributed by atoms with Gasteiger partial charge in [0.25, 0.3) is 0 Å². The lowest BCUT2D eigenvalue weighted by Crippen LogP contribution is -2.23. The number of benzene rings is 1. The molecule has 3 amide bonds. The highest BCUT2D eigenvalue weighted by Gasteiger charge is 2.28. The highest BCUT2D eigenvalue weighted by Crippen LogP contribution is 2.19. The van der Waals surface area contributed by atoms with E-state index in [4.69, 9.17) is 4.18 Å². The van der Waals surface area contributed by atoms with Crippen LogP contribution in [0.2, 0.25) is 0 Å². The average molecular weight is 224 g/mol. The number of imide groups is 1. The first-order valence-electron chi connectivity index (χ1n) is 4.27. The number of carbonyl (C=O) groups is 2. The quantitative estimate of drug-likeness (QED) is 0.476. The number of carbonyl (C=O) groups excluding carboxylic acids is 2. The molecular weight excluding hydrogens is 216 g/mol. The first-order valence-corrected chi connectivity index (χ1v) is 4.96. The molecule has 1 aliphatic heterocycles. The second-order valence-corrected chi connectivity index (χ2v) is 3.62. The second-order valence-electron chi connectivity index (χ2n) is 2.86. The first kappa shape index (κ1) is 9.85. The summed E-state index contributed by atoms with van der Waals surface area (Å²) < 4.78 is 6.46. The predicted molar refractivity (Wildman–Crippen MR) is 54.9 cm³/mol. The summed E-state index contributed by atoms with van der Waals surface area (Å²) in [6, 6.07) is 8.60. The van der Waals surface area contributed by atoms with E-state index in [0.717, 1.165) is 12.2 Å². The number of hydrogen-bond donors (Lipinski definition) is 1. The smallest absolute Gasteiger partial charge is 0.337 e. The van der Waals surface area contributed by atoms with Gasteiger partial charge in [-0.3, -0.25) is 10.1 Å². The van der Waals surface area contributed by atoms with Crippen LogP contribution in [0.1, 0.15) is 0 Å². The number of para-hydroxylation sites is 1. The van der Waals surface area contributed by atoms with Gasteiger partial charge in [0.15, 0.2) is 12.2 Å². The molecule has 2 rings (SSSR count). The van der Waals surface area contributed by atoms with Crippen molar-refractivity contribution in [1.29, 1.82) is 0 Å². The third-order valence-electron chi connectivity index (χ3n) is 1.73. The standard InChI is InChI=1S/C9H8N2O3S/c12-8-6-11(9(13)10-8)15-14-7-4-2-1-3-5-7/h1-5H,6H2,(H,10,12,13). The fourth-order valence-electron chi connectivity index (χ4n) is 1.05. The predicted octanol–water partition coefficient (Wildman–Crippen LogP) is 1.18. The zero-order valence-electron chi connectivity index (χ0n) is 7.67. The summed E-state index contributed by atoms with van der Waals surface area (Å²) in [7, 11) is 0. The summed E-state index contributed by atoms with van der Waals surface area (Å²) in [4.78, 5) is 21.9. The van der Waals surface area contributed by atoms with Crippen LogP contribution in [0.25, 0.3) is 0 Å². The minimum Gasteiger partial charge on any atom is -0.405 e. The fraction of sp³-hybridized carbons (Fsp3) is 0.111. The normalized spacial score (nSPS) is 15.3. The van der Waals surface area contributed by atoms with E-state index in [-0.39, 0.29) is 12.5 Å². The summed E-state index contributed by atoms with van der Waals surface area (Å²) in [6.07, 6.45) is 0. The Morgan fingerprint density at radius 3 is 2.60 bits per heavy atom. The molecule has 1 aromatic rings. The minimum absolute atomic E-state index is 0.0241. The van der Waals surface area contributed by atoms with Crippen LogP contribution in [-0.4, -0.2) is 22.8 Å². The molecule has 1 fully saturated rings. The van der Waals surface area contributed by atoms with Crippen molar-refractivity contribution in [3.63, 3.8) is 0 Å². The number of rotatable bonds is 3. The van der Waals surface area contributed by atoms with Gasteiger partial charge in [0.2, 0.25) is 5.91 Å². The maximum Gasteiger partial charge on any atom is 0.337 e. The minimum atomic E-state index is -0.444. The zero-order valence-corrected chi connectivity index (χ0v) is 8.49. The topological polar surface area (TPSA) is 58.6 Å². The van der Waals surface area contributed by atoms with Crippen LogP contribution < -0.4 is 9.50 Å². The molecule has 0 spiro atoms. The third-order valence-corrected chi connectivity index (χ3v) is 2.47. The molecule has 0 saturated carbocycles. The number of hydrogen-bond acceptors (Lipinski definition) is 4. The molecule has 6 heteroatoms. The number of urea groups is 1. The molecule has 0 atom stereocenters. The first-order chi connectivity index (χ1) is 7.25. The Balaban J connectivity index is 1.89. The van der Waals surface area contributed by atoms with Crippen molar-refractivity contribution >= 4 is 24.2 Å². The zero-order chi connectivity index (χ0) is 10.7. The Morgan fingerprint density at radius 1 is 1.27 bits per heavy atom. The van der Waals surface area contributed by atoms with E-state index in [1.807, 2.05) is 18.2 Å². The molecule has 78 valence electrons. The van der Waals surface area contributed by atoms with E-state index in [2.05, 4.69) is 5.32 Å². The SMILES string of the molecule is O=C1CN(SOc2ccccc2)C(=O)N1. The molecule has 15 heavy (non-hydrogen) atoms. The molecule has 1 aromatic carbocycles. The van der Waals surface area contributed by atoms with Crippen LogP contribution in [0.4, 0.5) is 4.79 Å². The van der Waals surface area contributed by atoms with Crippen LogP contribution in [0.5, 0.6) is 5.75 Å². The molecule has 1 heterocycles. The van der Waals surface area contributed by atoms with E-state index in [1.165, 1.54) is 4.31 Å². The Bertz CT molecular complexity index is 382. The lowest BCUT2D eigenvalue weighted by molar-refractivity contribution is -0.118. The lowest BCUT2D eigenvalue weighted by Gasteiger charge is -2.10. The number of nitrogens with zero attached hydrogens (tertiary/aromatic N) is 1. The van der Waals surface area contributed by atoms with Gasteiger partial charge in [-0.05, 0) is 12.1 Å². The van der Waals surface area contributed by atoms with Crippen LogP contribution >= 0.6 is 12.2 Å². The highest BCUT2D eigenvalue weighted by molar-refractivity contribution is 7.93. The van der Waals surface area contributed by atoms with Gasteiger partial charge in [0.1, 0.15) is 12.3 Å². The van der Waals surface area contributed by atoms with Crippen molar-refractivity contribution in [2.24, 2.45) is 0 Å². The molecule has 0 aromatic heterocycles. The summed E-state index contributed by atoms with van der Waals surface area (Å²) in [6.45, 7) is 0.0241. The van der Waals surface area contributed by atoms with Gasteiger partial charge in [-0.15, -0.1) is 0 Å². The maximum atomic E-state index is 11.1. The van der Waals surface area contributed by atoms with Crippen LogP contribution in [-0.2, 0) is 4.79 Å². The second kappa shape index (κ2) is 4.22. The average Bonchev–Trinajstić information content (AvgIpc) is 2.56. The van der Waals surface area contributed by atoms with Crippen molar-refractivity contribution in [3.8, 4) is 5.75 Å². The van der Waals surface area contributed by atoms with Crippen LogP contribution in [0, 0.1) is 0 Å². The molecule has 0 unspecified atom stereocenters. The number of amides is 3. The summed E-state index contributed by atoms with van der Waals surface area (Å²) >= 11 is 0.849. The molecule has 1 N–H and O–H groups in total. The molecule has 1 aliphatic rings. The van der Waals surface area contributed by atoms with Crippen molar-refractivity contribution in [1.82, 2.24) is 9.62 Å². The molecule has 0 aliphatic carbocycles. The molecule has 0 bridgehead atoms. The van der Waals surface area contributed by atoms with E-state index in [9.17, 15) is 9.59 Å². The van der Waals surface area contributed by atoms with Gasteiger partial charge >= 0.3 is 6.03 Å². The van der Waals surface area contributed by atoms with Crippen molar-refractivity contribution in [2.75, 3.05) is 6.54 Å². The highest BCUT2D eigenvalue weighted by atomic mass is 32.2. The largest absolute Gasteiger partial charge is 0.405 e. The van der Waals surface area contributed by atoms with E-state index >= 15 is 0 Å². The Hall–Kier alpha value is -1.69. The Kier molecular flexibility index (Phi) is 2.77. The molecular formula is C9H8N2O3S. The van der Waals surface area contributed by atoms with Crippen LogP contribution in [0.15, 0.2) is 30.3 Å². The molecule has 5 nitrogen and oxygen atoms in total. The van der Waals surface area contributed by atoms with Gasteiger partial charge in [0, 0.05) is 0 Å². The van der Waals surface area contributed by atoms with Gasteiger partial charge < -0.3 is 4.18 Å². The monoisotopic (exact) mass is 224 g/mol. The summed E-state index contributed by atoms with van der Waals surface area (Å²) in [5.41, 5.74) is 0. The lowest BCUT2D eigenvalue weighted by atomic mass is 10.3. The summed E-state index contributed by atoms with van der Waals surface area (Å²) in [5, 5.41) is 2.15. The molecule has 0 radical (unpaired) electrons. The van der Waals surface area contributed by atoms with Crippen molar-refractivity contribution < 1.29 is 13.8 Å². The van der Waals surface area contributed by atoms with Gasteiger partial charge in [0.05, 0.1) is 0 Å². The maximum absolute atomic E-state index is 11.1. The van der Waals surface area contributed by atoms with E-state index in [1.54, 1.807) is 12.1 Å². The third kappa shape index (κ3) is 2.41. The summed E-state index contributed by atoms with van der Waals surface area (Å²) in [5.74, 6) is 0.318. The van der Waals surface area contributed by atoms with E-state index < -0.39 is 6.03 Å². The van der Waals surface area contributed by atoms with Gasteiger partial charge in [-0.25, -0.2) is 9.10 Å². The van der Waals surface area contributed by atoms with Crippen molar-refractivity contribution in [3.05, 3.63) is 30.3 Å². The number of nitrogens with one attached hydrogen (secondary N) is 1. The van der Waals surface area contributed by atoms with E-state index in [0.29, 0.717) is 5.75 Å². The van der Waals surface area contributed by atoms with Crippen molar-refractivity contribution in [2.45, 2.75) is 0 Å². The van der Waals surface area contributed by atoms with Gasteiger partial charge in [-0.2, -0.15) is 0 Å². The van der Waals surface area contributed by atoms with Crippen LogP contribution in [0.3, 0.4) is 0 Å². The molecule has 1 saturated heterocycles. The van der Waals surface area contributed by atoms with Gasteiger partial charge in [-0.1, -0.05) is 18.2 Å². The Labute approximate surface area is 90.7 Å². The Morgan fingerprint density at radius 2 is 2.00 bits per heavy atom. The fourth-order valence-corrected chi connectivity index (χ4v) is 1.62.